The molecule has 0 radical (unpaired) electrons. The monoisotopic (exact) mass is 214 g/mol. The standard InChI is InChI=1S/C11H10N4O/c1-16-11-4-2-3-10(14-11)15-8-9(5-6-12)7-13-15/h2-4,7-8H,5H2,1H3. The zero-order valence-electron chi connectivity index (χ0n) is 8.79. The van der Waals surface area contributed by atoms with Gasteiger partial charge >= 0.3 is 0 Å². The molecule has 0 bridgehead atoms. The highest BCUT2D eigenvalue weighted by Crippen LogP contribution is 2.11. The van der Waals surface area contributed by atoms with Crippen LogP contribution < -0.4 is 4.74 Å². The van der Waals surface area contributed by atoms with E-state index in [4.69, 9.17) is 10.00 Å². The van der Waals surface area contributed by atoms with Gasteiger partial charge < -0.3 is 4.74 Å². The fourth-order valence-electron chi connectivity index (χ4n) is 1.31. The van der Waals surface area contributed by atoms with E-state index in [1.165, 1.54) is 0 Å². The largest absolute Gasteiger partial charge is 0.481 e. The van der Waals surface area contributed by atoms with Gasteiger partial charge in [-0.05, 0) is 6.07 Å². The highest BCUT2D eigenvalue weighted by atomic mass is 16.5. The minimum atomic E-state index is 0.351. The molecule has 0 aliphatic carbocycles. The van der Waals surface area contributed by atoms with E-state index in [2.05, 4.69) is 16.2 Å². The maximum Gasteiger partial charge on any atom is 0.214 e. The highest BCUT2D eigenvalue weighted by molar-refractivity contribution is 5.27. The van der Waals surface area contributed by atoms with Gasteiger partial charge in [0, 0.05) is 17.8 Å². The van der Waals surface area contributed by atoms with Crippen molar-refractivity contribution in [2.75, 3.05) is 7.11 Å². The van der Waals surface area contributed by atoms with Crippen LogP contribution >= 0.6 is 0 Å². The van der Waals surface area contributed by atoms with Crippen LogP contribution in [0.2, 0.25) is 0 Å². The first-order chi connectivity index (χ1) is 7.83. The predicted molar refractivity (Wildman–Crippen MR) is 57.2 cm³/mol. The lowest BCUT2D eigenvalue weighted by Crippen LogP contribution is -1.98. The summed E-state index contributed by atoms with van der Waals surface area (Å²) in [5, 5.41) is 12.7. The topological polar surface area (TPSA) is 63.7 Å². The SMILES string of the molecule is COc1cccc(-n2cc(CC#N)cn2)n1. The zero-order valence-corrected chi connectivity index (χ0v) is 8.79. The summed E-state index contributed by atoms with van der Waals surface area (Å²) in [7, 11) is 1.57. The number of ether oxygens (including phenoxy) is 1. The number of nitrogens with zero attached hydrogens (tertiary/aromatic N) is 4. The van der Waals surface area contributed by atoms with Crippen LogP contribution in [-0.4, -0.2) is 21.9 Å². The van der Waals surface area contributed by atoms with Crippen LogP contribution in [0.4, 0.5) is 0 Å². The third kappa shape index (κ3) is 2.01. The summed E-state index contributed by atoms with van der Waals surface area (Å²) in [6.07, 6.45) is 3.79. The van der Waals surface area contributed by atoms with Crippen LogP contribution in [0.3, 0.4) is 0 Å². The van der Waals surface area contributed by atoms with E-state index in [9.17, 15) is 0 Å². The molecule has 2 aromatic rings. The van der Waals surface area contributed by atoms with Gasteiger partial charge in [-0.1, -0.05) is 6.07 Å². The number of pyridine rings is 1. The molecule has 5 heteroatoms. The summed E-state index contributed by atoms with van der Waals surface area (Å²) in [6.45, 7) is 0. The van der Waals surface area contributed by atoms with Crippen molar-refractivity contribution < 1.29 is 4.74 Å². The molecule has 0 atom stereocenters. The van der Waals surface area contributed by atoms with E-state index in [0.29, 0.717) is 18.1 Å². The summed E-state index contributed by atoms with van der Waals surface area (Å²) in [4.78, 5) is 4.23. The van der Waals surface area contributed by atoms with Gasteiger partial charge in [0.15, 0.2) is 5.82 Å². The Hall–Kier alpha value is -2.35. The van der Waals surface area contributed by atoms with Crippen LogP contribution in [0.1, 0.15) is 5.56 Å². The third-order valence-corrected chi connectivity index (χ3v) is 2.07. The van der Waals surface area contributed by atoms with Crippen LogP contribution in [0.25, 0.3) is 5.82 Å². The Bertz CT molecular complexity index is 527. The molecule has 0 N–H and O–H groups in total. The molecule has 0 aliphatic rings. The number of nitriles is 1. The Morgan fingerprint density at radius 1 is 1.50 bits per heavy atom. The molecule has 0 fully saturated rings. The number of hydrogen-bond acceptors (Lipinski definition) is 4. The lowest BCUT2D eigenvalue weighted by Gasteiger charge is -2.02. The normalized spacial score (nSPS) is 9.75. The van der Waals surface area contributed by atoms with Gasteiger partial charge in [0.25, 0.3) is 0 Å². The molecule has 0 saturated heterocycles. The second-order valence-electron chi connectivity index (χ2n) is 3.17. The third-order valence-electron chi connectivity index (χ3n) is 2.07. The molecule has 80 valence electrons. The minimum absolute atomic E-state index is 0.351. The number of rotatable bonds is 3. The van der Waals surface area contributed by atoms with Gasteiger partial charge in [-0.3, -0.25) is 0 Å². The van der Waals surface area contributed by atoms with E-state index in [0.717, 1.165) is 5.56 Å². The van der Waals surface area contributed by atoms with Crippen molar-refractivity contribution in [3.63, 3.8) is 0 Å². The molecule has 0 aromatic carbocycles. The fourth-order valence-corrected chi connectivity index (χ4v) is 1.31. The summed E-state index contributed by atoms with van der Waals surface area (Å²) in [6, 6.07) is 7.51. The van der Waals surface area contributed by atoms with Crippen molar-refractivity contribution in [2.24, 2.45) is 0 Å². The Morgan fingerprint density at radius 2 is 2.38 bits per heavy atom. The lowest BCUT2D eigenvalue weighted by molar-refractivity contribution is 0.397. The molecule has 16 heavy (non-hydrogen) atoms. The first kappa shape index (κ1) is 10.2. The van der Waals surface area contributed by atoms with Gasteiger partial charge in [0.2, 0.25) is 5.88 Å². The van der Waals surface area contributed by atoms with Crippen molar-refractivity contribution in [1.29, 1.82) is 5.26 Å². The van der Waals surface area contributed by atoms with E-state index in [1.807, 2.05) is 12.1 Å². The second-order valence-corrected chi connectivity index (χ2v) is 3.17. The molecular formula is C11H10N4O. The minimum Gasteiger partial charge on any atom is -0.481 e. The quantitative estimate of drug-likeness (QED) is 0.773. The van der Waals surface area contributed by atoms with Crippen molar-refractivity contribution >= 4 is 0 Å². The number of hydrogen-bond donors (Lipinski definition) is 0. The Morgan fingerprint density at radius 3 is 3.12 bits per heavy atom. The van der Waals surface area contributed by atoms with E-state index in [-0.39, 0.29) is 0 Å². The molecule has 2 aromatic heterocycles. The summed E-state index contributed by atoms with van der Waals surface area (Å²) >= 11 is 0. The Balaban J connectivity index is 2.31. The molecule has 0 spiro atoms. The molecule has 5 nitrogen and oxygen atoms in total. The van der Waals surface area contributed by atoms with Gasteiger partial charge in [-0.25, -0.2) is 4.68 Å². The summed E-state index contributed by atoms with van der Waals surface area (Å²) < 4.78 is 6.65. The maximum atomic E-state index is 8.56. The second kappa shape index (κ2) is 4.45. The first-order valence-corrected chi connectivity index (χ1v) is 4.75. The van der Waals surface area contributed by atoms with Gasteiger partial charge in [0.1, 0.15) is 0 Å². The van der Waals surface area contributed by atoms with Crippen LogP contribution in [0.5, 0.6) is 5.88 Å². The van der Waals surface area contributed by atoms with Gasteiger partial charge in [-0.2, -0.15) is 15.3 Å². The van der Waals surface area contributed by atoms with Crippen molar-refractivity contribution in [1.82, 2.24) is 14.8 Å². The molecule has 0 amide bonds. The summed E-state index contributed by atoms with van der Waals surface area (Å²) in [5.41, 5.74) is 0.868. The van der Waals surface area contributed by atoms with Crippen molar-refractivity contribution in [3.05, 3.63) is 36.2 Å². The first-order valence-electron chi connectivity index (χ1n) is 4.75. The van der Waals surface area contributed by atoms with Crippen LogP contribution in [-0.2, 0) is 6.42 Å². The average Bonchev–Trinajstić information content (AvgIpc) is 2.78. The van der Waals surface area contributed by atoms with E-state index in [1.54, 1.807) is 30.3 Å². The van der Waals surface area contributed by atoms with Crippen LogP contribution in [0, 0.1) is 11.3 Å². The highest BCUT2D eigenvalue weighted by Gasteiger charge is 2.02. The maximum absolute atomic E-state index is 8.56. The molecule has 2 rings (SSSR count). The van der Waals surface area contributed by atoms with Gasteiger partial charge in [-0.15, -0.1) is 0 Å². The summed E-state index contributed by atoms with van der Waals surface area (Å²) in [5.74, 6) is 1.21. The van der Waals surface area contributed by atoms with Crippen molar-refractivity contribution in [3.8, 4) is 17.8 Å². The van der Waals surface area contributed by atoms with Crippen LogP contribution in [0.15, 0.2) is 30.6 Å². The fraction of sp³-hybridized carbons (Fsp3) is 0.182. The molecule has 2 heterocycles. The predicted octanol–water partition coefficient (Wildman–Crippen LogP) is 1.34. The molecule has 0 saturated carbocycles. The molecular weight excluding hydrogens is 204 g/mol. The Labute approximate surface area is 92.9 Å². The van der Waals surface area contributed by atoms with Crippen molar-refractivity contribution in [2.45, 2.75) is 6.42 Å². The molecule has 0 aliphatic heterocycles. The number of methoxy groups -OCH3 is 1. The van der Waals surface area contributed by atoms with Gasteiger partial charge in [0.05, 0.1) is 25.8 Å². The average molecular weight is 214 g/mol. The Kier molecular flexibility index (Phi) is 2.83. The number of aromatic nitrogens is 3. The van der Waals surface area contributed by atoms with E-state index >= 15 is 0 Å². The smallest absolute Gasteiger partial charge is 0.214 e. The lowest BCUT2D eigenvalue weighted by atomic mass is 10.3. The zero-order chi connectivity index (χ0) is 11.4. The van der Waals surface area contributed by atoms with E-state index < -0.39 is 0 Å². The molecule has 0 unspecified atom stereocenters.